The monoisotopic (exact) mass is 500 g/mol. The van der Waals surface area contributed by atoms with Gasteiger partial charge in [-0.15, -0.1) is 35.3 Å². The molecule has 27 heavy (non-hydrogen) atoms. The summed E-state index contributed by atoms with van der Waals surface area (Å²) in [4.78, 5) is 19.9. The lowest BCUT2D eigenvalue weighted by Crippen LogP contribution is -2.40. The molecular formula is C20H29IN4OS. The van der Waals surface area contributed by atoms with E-state index in [9.17, 15) is 4.79 Å². The van der Waals surface area contributed by atoms with Gasteiger partial charge in [0.15, 0.2) is 5.96 Å². The summed E-state index contributed by atoms with van der Waals surface area (Å²) in [6.45, 7) is 4.44. The van der Waals surface area contributed by atoms with Crippen LogP contribution in [0.3, 0.4) is 0 Å². The summed E-state index contributed by atoms with van der Waals surface area (Å²) in [5.74, 6) is 0.713. The number of thiophene rings is 1. The average molecular weight is 500 g/mol. The number of guanidine groups is 1. The molecular weight excluding hydrogens is 471 g/mol. The van der Waals surface area contributed by atoms with Gasteiger partial charge in [0, 0.05) is 31.6 Å². The molecule has 0 atom stereocenters. The maximum Gasteiger partial charge on any atom is 0.241 e. The van der Waals surface area contributed by atoms with Gasteiger partial charge in [-0.2, -0.15) is 0 Å². The number of rotatable bonds is 9. The van der Waals surface area contributed by atoms with E-state index < -0.39 is 0 Å². The molecule has 1 aromatic heterocycles. The molecule has 7 heteroatoms. The highest BCUT2D eigenvalue weighted by Crippen LogP contribution is 2.09. The predicted octanol–water partition coefficient (Wildman–Crippen LogP) is 3.16. The van der Waals surface area contributed by atoms with Crippen molar-refractivity contribution in [3.05, 3.63) is 58.3 Å². The second-order valence-electron chi connectivity index (χ2n) is 6.01. The highest BCUT2D eigenvalue weighted by Gasteiger charge is 2.08. The molecule has 0 saturated carbocycles. The summed E-state index contributed by atoms with van der Waals surface area (Å²) >= 11 is 1.76. The second-order valence-corrected chi connectivity index (χ2v) is 7.04. The Balaban J connectivity index is 0.00000364. The van der Waals surface area contributed by atoms with Crippen LogP contribution >= 0.6 is 35.3 Å². The number of nitrogens with one attached hydrogen (secondary N) is 2. The Morgan fingerprint density at radius 1 is 1.11 bits per heavy atom. The largest absolute Gasteiger partial charge is 0.357 e. The first-order valence-electron chi connectivity index (χ1n) is 9.01. The number of likely N-dealkylation sites (N-methyl/N-ethyl adjacent to an activating group) is 1. The van der Waals surface area contributed by atoms with Crippen molar-refractivity contribution >= 4 is 47.2 Å². The lowest BCUT2D eigenvalue weighted by Gasteiger charge is -2.21. The number of benzene rings is 1. The van der Waals surface area contributed by atoms with E-state index in [1.807, 2.05) is 32.2 Å². The summed E-state index contributed by atoms with van der Waals surface area (Å²) < 4.78 is 0. The number of nitrogens with zero attached hydrogens (tertiary/aromatic N) is 2. The molecule has 0 spiro atoms. The minimum absolute atomic E-state index is 0. The van der Waals surface area contributed by atoms with E-state index in [1.165, 1.54) is 10.4 Å². The van der Waals surface area contributed by atoms with Crippen LogP contribution in [0.25, 0.3) is 0 Å². The fraction of sp³-hybridized carbons (Fsp3) is 0.400. The summed E-state index contributed by atoms with van der Waals surface area (Å²) in [5.41, 5.74) is 1.22. The third kappa shape index (κ3) is 9.23. The molecule has 0 bridgehead atoms. The van der Waals surface area contributed by atoms with E-state index in [0.717, 1.165) is 31.9 Å². The maximum absolute atomic E-state index is 12.0. The molecule has 0 unspecified atom stereocenters. The number of carbonyl (C=O) groups is 1. The number of aliphatic imine (C=N–C) groups is 1. The van der Waals surface area contributed by atoms with Crippen LogP contribution in [0.1, 0.15) is 17.4 Å². The molecule has 5 nitrogen and oxygen atoms in total. The first-order chi connectivity index (χ1) is 12.7. The lowest BCUT2D eigenvalue weighted by atomic mass is 10.1. The highest BCUT2D eigenvalue weighted by molar-refractivity contribution is 14.0. The smallest absolute Gasteiger partial charge is 0.241 e. The van der Waals surface area contributed by atoms with Gasteiger partial charge in [-0.05, 0) is 36.8 Å². The van der Waals surface area contributed by atoms with Crippen molar-refractivity contribution in [2.24, 2.45) is 4.99 Å². The molecule has 2 N–H and O–H groups in total. The van der Waals surface area contributed by atoms with Crippen molar-refractivity contribution in [3.8, 4) is 0 Å². The van der Waals surface area contributed by atoms with Gasteiger partial charge in [0.05, 0.1) is 0 Å². The molecule has 0 fully saturated rings. The molecule has 2 aromatic rings. The van der Waals surface area contributed by atoms with E-state index in [-0.39, 0.29) is 36.4 Å². The Morgan fingerprint density at radius 3 is 2.56 bits per heavy atom. The minimum atomic E-state index is -0.0528. The topological polar surface area (TPSA) is 56.7 Å². The summed E-state index contributed by atoms with van der Waals surface area (Å²) in [6, 6.07) is 14.4. The summed E-state index contributed by atoms with van der Waals surface area (Å²) in [5, 5.41) is 8.27. The molecule has 0 aliphatic carbocycles. The normalized spacial score (nSPS) is 10.8. The third-order valence-corrected chi connectivity index (χ3v) is 4.86. The van der Waals surface area contributed by atoms with Crippen LogP contribution in [0.2, 0.25) is 0 Å². The number of carbonyl (C=O) groups excluding carboxylic acids is 1. The van der Waals surface area contributed by atoms with Crippen molar-refractivity contribution in [1.29, 1.82) is 0 Å². The molecule has 0 radical (unpaired) electrons. The Hall–Kier alpha value is -1.61. The number of hydrogen-bond donors (Lipinski definition) is 2. The van der Waals surface area contributed by atoms with Crippen LogP contribution in [-0.2, 0) is 17.6 Å². The van der Waals surface area contributed by atoms with E-state index >= 15 is 0 Å². The molecule has 148 valence electrons. The van der Waals surface area contributed by atoms with Crippen LogP contribution in [-0.4, -0.2) is 50.0 Å². The quantitative estimate of drug-likeness (QED) is 0.316. The number of amides is 1. The fourth-order valence-corrected chi connectivity index (χ4v) is 3.20. The zero-order valence-corrected chi connectivity index (χ0v) is 19.1. The highest BCUT2D eigenvalue weighted by atomic mass is 127. The Kier molecular flexibility index (Phi) is 11.8. The molecule has 0 saturated heterocycles. The Bertz CT molecular complexity index is 677. The van der Waals surface area contributed by atoms with Crippen molar-refractivity contribution in [3.63, 3.8) is 0 Å². The van der Waals surface area contributed by atoms with Crippen LogP contribution < -0.4 is 10.6 Å². The second kappa shape index (κ2) is 13.5. The van der Waals surface area contributed by atoms with Crippen LogP contribution in [0.5, 0.6) is 0 Å². The molecule has 0 aliphatic heterocycles. The fourth-order valence-electron chi connectivity index (χ4n) is 2.50. The van der Waals surface area contributed by atoms with Crippen LogP contribution in [0.15, 0.2) is 52.8 Å². The lowest BCUT2D eigenvalue weighted by molar-refractivity contribution is -0.119. The van der Waals surface area contributed by atoms with Gasteiger partial charge in [-0.1, -0.05) is 36.4 Å². The average Bonchev–Trinajstić information content (AvgIpc) is 3.17. The van der Waals surface area contributed by atoms with Crippen LogP contribution in [0.4, 0.5) is 0 Å². The SMILES string of the molecule is CCNC(=NCC(=O)NCCc1ccccc1)N(C)CCc1cccs1.I. The minimum Gasteiger partial charge on any atom is -0.357 e. The standard InChI is InChI=1S/C20H28N4OS.HI/c1-3-21-20(24(2)14-12-18-10-7-15-26-18)23-16-19(25)22-13-11-17-8-5-4-6-9-17;/h4-10,15H,3,11-14,16H2,1-2H3,(H,21,23)(H,22,25);1H. The van der Waals surface area contributed by atoms with Crippen molar-refractivity contribution in [2.75, 3.05) is 33.2 Å². The molecule has 0 aliphatic rings. The predicted molar refractivity (Wildman–Crippen MR) is 125 cm³/mol. The van der Waals surface area contributed by atoms with Gasteiger partial charge in [-0.25, -0.2) is 4.99 Å². The van der Waals surface area contributed by atoms with Gasteiger partial charge in [0.25, 0.3) is 0 Å². The molecule has 2 rings (SSSR count). The third-order valence-electron chi connectivity index (χ3n) is 3.92. The van der Waals surface area contributed by atoms with Gasteiger partial charge in [0.2, 0.25) is 5.91 Å². The van der Waals surface area contributed by atoms with Crippen molar-refractivity contribution in [2.45, 2.75) is 19.8 Å². The maximum atomic E-state index is 12.0. The van der Waals surface area contributed by atoms with E-state index in [4.69, 9.17) is 0 Å². The first-order valence-corrected chi connectivity index (χ1v) is 9.89. The molecule has 1 heterocycles. The van der Waals surface area contributed by atoms with Gasteiger partial charge >= 0.3 is 0 Å². The number of halogens is 1. The van der Waals surface area contributed by atoms with E-state index in [1.54, 1.807) is 11.3 Å². The summed E-state index contributed by atoms with van der Waals surface area (Å²) in [7, 11) is 2.00. The first kappa shape index (κ1) is 23.4. The van der Waals surface area contributed by atoms with E-state index in [0.29, 0.717) is 6.54 Å². The van der Waals surface area contributed by atoms with E-state index in [2.05, 4.69) is 50.2 Å². The zero-order valence-electron chi connectivity index (χ0n) is 16.0. The Labute approximate surface area is 183 Å². The van der Waals surface area contributed by atoms with Gasteiger partial charge < -0.3 is 15.5 Å². The van der Waals surface area contributed by atoms with Crippen molar-refractivity contribution in [1.82, 2.24) is 15.5 Å². The van der Waals surface area contributed by atoms with Gasteiger partial charge in [0.1, 0.15) is 6.54 Å². The van der Waals surface area contributed by atoms with Crippen LogP contribution in [0, 0.1) is 0 Å². The van der Waals surface area contributed by atoms with Gasteiger partial charge in [-0.3, -0.25) is 4.79 Å². The number of hydrogen-bond acceptors (Lipinski definition) is 3. The zero-order chi connectivity index (χ0) is 18.6. The molecule has 1 aromatic carbocycles. The Morgan fingerprint density at radius 2 is 1.89 bits per heavy atom. The summed E-state index contributed by atoms with van der Waals surface area (Å²) in [6.07, 6.45) is 1.80. The molecule has 1 amide bonds. The van der Waals surface area contributed by atoms with Crippen molar-refractivity contribution < 1.29 is 4.79 Å².